The second-order valence-corrected chi connectivity index (χ2v) is 14.9. The molecule has 5 fully saturated rings. The van der Waals surface area contributed by atoms with Gasteiger partial charge in [-0.2, -0.15) is 0 Å². The maximum absolute atomic E-state index is 13.2. The lowest BCUT2D eigenvalue weighted by Crippen LogP contribution is -2.53. The Morgan fingerprint density at radius 1 is 0.850 bits per heavy atom. The van der Waals surface area contributed by atoms with Gasteiger partial charge in [-0.3, -0.25) is 9.59 Å². The summed E-state index contributed by atoms with van der Waals surface area (Å²) in [7, 11) is 0. The third kappa shape index (κ3) is 5.78. The molecule has 6 heteroatoms. The molecule has 2 saturated heterocycles. The molecule has 3 aliphatic carbocycles. The van der Waals surface area contributed by atoms with Gasteiger partial charge in [-0.05, 0) is 105 Å². The highest BCUT2D eigenvalue weighted by Gasteiger charge is 2.60. The Hall–Kier alpha value is -1.40. The minimum atomic E-state index is 0.166. The maximum atomic E-state index is 13.2. The Kier molecular flexibility index (Phi) is 9.36. The fourth-order valence-corrected chi connectivity index (χ4v) is 10.7. The molecular weight excluding hydrogens is 496 g/mol. The summed E-state index contributed by atoms with van der Waals surface area (Å²) in [6.45, 7) is 21.5. The number of hydrogen-bond donors (Lipinski definition) is 2. The first-order chi connectivity index (χ1) is 19.1. The smallest absolute Gasteiger partial charge is 0.222 e. The molecule has 6 nitrogen and oxygen atoms in total. The molecule has 40 heavy (non-hydrogen) atoms. The van der Waals surface area contributed by atoms with Crippen LogP contribution in [0.3, 0.4) is 0 Å². The standard InChI is InChI=1S/C34H58N4O2/c1-24(2)27-8-7-26-29-10-9-28(25(3)6-11-31(39)37-20-16-35-17-21-37)34(29,5)14-12-30(26)33(27,4)15-13-32(40)38-22-18-36-19-23-38/h25-30,35-36H,1,6-23H2,2-5H3/t25-,26+,27?,28-,29+,30+,33+,34-/m1/s1. The lowest BCUT2D eigenvalue weighted by Gasteiger charge is -2.60. The second-order valence-electron chi connectivity index (χ2n) is 14.9. The van der Waals surface area contributed by atoms with Gasteiger partial charge < -0.3 is 20.4 Å². The topological polar surface area (TPSA) is 64.7 Å². The van der Waals surface area contributed by atoms with Crippen molar-refractivity contribution in [2.75, 3.05) is 52.4 Å². The fraction of sp³-hybridized carbons (Fsp3) is 0.882. The summed E-state index contributed by atoms with van der Waals surface area (Å²) < 4.78 is 0. The molecule has 8 atom stereocenters. The van der Waals surface area contributed by atoms with Crippen molar-refractivity contribution in [2.24, 2.45) is 46.3 Å². The number of rotatable bonds is 8. The van der Waals surface area contributed by atoms with Crippen LogP contribution in [0.1, 0.15) is 91.9 Å². The summed E-state index contributed by atoms with van der Waals surface area (Å²) >= 11 is 0. The molecule has 0 bridgehead atoms. The average Bonchev–Trinajstić information content (AvgIpc) is 3.33. The van der Waals surface area contributed by atoms with Crippen LogP contribution in [0.4, 0.5) is 0 Å². The molecule has 226 valence electrons. The Bertz CT molecular complexity index is 925. The summed E-state index contributed by atoms with van der Waals surface area (Å²) in [4.78, 5) is 30.3. The highest BCUT2D eigenvalue weighted by atomic mass is 16.2. The zero-order valence-corrected chi connectivity index (χ0v) is 26.1. The van der Waals surface area contributed by atoms with E-state index in [1.54, 1.807) is 0 Å². The lowest BCUT2D eigenvalue weighted by molar-refractivity contribution is -0.135. The van der Waals surface area contributed by atoms with Gasteiger partial charge in [-0.15, -0.1) is 0 Å². The van der Waals surface area contributed by atoms with Gasteiger partial charge in [0.1, 0.15) is 0 Å². The minimum absolute atomic E-state index is 0.166. The molecule has 2 amide bonds. The summed E-state index contributed by atoms with van der Waals surface area (Å²) in [5.41, 5.74) is 1.89. The van der Waals surface area contributed by atoms with Crippen molar-refractivity contribution in [1.82, 2.24) is 20.4 Å². The zero-order valence-electron chi connectivity index (χ0n) is 26.1. The van der Waals surface area contributed by atoms with Crippen LogP contribution >= 0.6 is 0 Å². The highest BCUT2D eigenvalue weighted by Crippen LogP contribution is 2.68. The molecule has 2 aliphatic heterocycles. The monoisotopic (exact) mass is 554 g/mol. The number of piperazine rings is 2. The van der Waals surface area contributed by atoms with E-state index in [1.165, 1.54) is 44.1 Å². The number of amides is 2. The van der Waals surface area contributed by atoms with E-state index in [4.69, 9.17) is 0 Å². The van der Waals surface area contributed by atoms with Crippen LogP contribution in [0.2, 0.25) is 0 Å². The van der Waals surface area contributed by atoms with Crippen LogP contribution in [-0.2, 0) is 9.59 Å². The van der Waals surface area contributed by atoms with Gasteiger partial charge in [0.15, 0.2) is 0 Å². The number of carbonyl (C=O) groups excluding carboxylic acids is 2. The van der Waals surface area contributed by atoms with E-state index in [1.807, 2.05) is 0 Å². The predicted octanol–water partition coefficient (Wildman–Crippen LogP) is 5.10. The quantitative estimate of drug-likeness (QED) is 0.410. The molecule has 2 N–H and O–H groups in total. The largest absolute Gasteiger partial charge is 0.340 e. The van der Waals surface area contributed by atoms with Gasteiger partial charge in [0.25, 0.3) is 0 Å². The average molecular weight is 555 g/mol. The summed E-state index contributed by atoms with van der Waals surface area (Å²) in [6.07, 6.45) is 11.3. The minimum Gasteiger partial charge on any atom is -0.340 e. The molecule has 0 spiro atoms. The van der Waals surface area contributed by atoms with E-state index in [0.29, 0.717) is 47.8 Å². The predicted molar refractivity (Wildman–Crippen MR) is 163 cm³/mol. The second kappa shape index (κ2) is 12.5. The third-order valence-electron chi connectivity index (χ3n) is 12.9. The van der Waals surface area contributed by atoms with Crippen molar-refractivity contribution in [3.05, 3.63) is 12.2 Å². The third-order valence-corrected chi connectivity index (χ3v) is 12.9. The highest BCUT2D eigenvalue weighted by molar-refractivity contribution is 5.76. The summed E-state index contributed by atoms with van der Waals surface area (Å²) in [5.74, 6) is 4.84. The van der Waals surface area contributed by atoms with Crippen LogP contribution in [0.5, 0.6) is 0 Å². The number of allylic oxidation sites excluding steroid dienone is 1. The van der Waals surface area contributed by atoms with Crippen LogP contribution < -0.4 is 10.6 Å². The molecule has 5 rings (SSSR count). The number of hydrogen-bond acceptors (Lipinski definition) is 4. The number of nitrogens with zero attached hydrogens (tertiary/aromatic N) is 2. The summed E-state index contributed by atoms with van der Waals surface area (Å²) in [6, 6.07) is 0. The van der Waals surface area contributed by atoms with E-state index >= 15 is 0 Å². The molecule has 0 aromatic rings. The number of fused-ring (bicyclic) bond motifs is 3. The molecule has 0 aromatic heterocycles. The first kappa shape index (κ1) is 30.1. The number of nitrogens with one attached hydrogen (secondary N) is 2. The summed E-state index contributed by atoms with van der Waals surface area (Å²) in [5, 5.41) is 6.74. The van der Waals surface area contributed by atoms with Crippen LogP contribution in [0, 0.1) is 46.3 Å². The number of carbonyl (C=O) groups is 2. The van der Waals surface area contributed by atoms with Gasteiger partial charge >= 0.3 is 0 Å². The van der Waals surface area contributed by atoms with Gasteiger partial charge in [-0.1, -0.05) is 32.9 Å². The normalized spacial score (nSPS) is 38.9. The molecule has 5 aliphatic rings. The van der Waals surface area contributed by atoms with E-state index in [9.17, 15) is 9.59 Å². The van der Waals surface area contributed by atoms with Crippen molar-refractivity contribution in [3.8, 4) is 0 Å². The van der Waals surface area contributed by atoms with Crippen molar-refractivity contribution >= 4 is 11.8 Å². The van der Waals surface area contributed by atoms with Crippen LogP contribution in [0.25, 0.3) is 0 Å². The van der Waals surface area contributed by atoms with Crippen molar-refractivity contribution < 1.29 is 9.59 Å². The molecule has 0 radical (unpaired) electrons. The molecule has 3 saturated carbocycles. The van der Waals surface area contributed by atoms with E-state index in [2.05, 4.69) is 54.7 Å². The first-order valence-electron chi connectivity index (χ1n) is 16.8. The molecule has 1 unspecified atom stereocenters. The molecular formula is C34H58N4O2. The molecule has 0 aromatic carbocycles. The van der Waals surface area contributed by atoms with Gasteiger partial charge in [-0.25, -0.2) is 0 Å². The van der Waals surface area contributed by atoms with E-state index in [0.717, 1.165) is 83.0 Å². The van der Waals surface area contributed by atoms with Gasteiger partial charge in [0, 0.05) is 65.2 Å². The van der Waals surface area contributed by atoms with Gasteiger partial charge in [0.2, 0.25) is 11.8 Å². The first-order valence-corrected chi connectivity index (χ1v) is 16.8. The Labute approximate surface area is 244 Å². The Morgan fingerprint density at radius 2 is 1.45 bits per heavy atom. The molecule has 2 heterocycles. The van der Waals surface area contributed by atoms with Crippen LogP contribution in [0.15, 0.2) is 12.2 Å². The van der Waals surface area contributed by atoms with E-state index in [-0.39, 0.29) is 5.41 Å². The van der Waals surface area contributed by atoms with Crippen molar-refractivity contribution in [3.63, 3.8) is 0 Å². The van der Waals surface area contributed by atoms with Gasteiger partial charge in [0.05, 0.1) is 0 Å². The van der Waals surface area contributed by atoms with Crippen LogP contribution in [-0.4, -0.2) is 74.0 Å². The van der Waals surface area contributed by atoms with Crippen molar-refractivity contribution in [2.45, 2.75) is 91.9 Å². The zero-order chi connectivity index (χ0) is 28.5. The lowest BCUT2D eigenvalue weighted by atomic mass is 9.45. The SMILES string of the molecule is C=C(C)C1CC[C@H]2[C@@H]3CC[C@H]([C@H](C)CCC(=O)N4CCNCC4)[C@@]3(C)CC[C@@H]2[C@@]1(C)CCC(=O)N1CCNCC1. The Morgan fingerprint density at radius 3 is 2.05 bits per heavy atom. The maximum Gasteiger partial charge on any atom is 0.222 e. The Balaban J connectivity index is 1.25. The fourth-order valence-electron chi connectivity index (χ4n) is 10.7. The van der Waals surface area contributed by atoms with Crippen molar-refractivity contribution in [1.29, 1.82) is 0 Å². The van der Waals surface area contributed by atoms with E-state index < -0.39 is 0 Å².